The molecule has 2 aromatic rings. The van der Waals surface area contributed by atoms with E-state index in [1.54, 1.807) is 29.1 Å². The lowest BCUT2D eigenvalue weighted by Crippen LogP contribution is -2.26. The lowest BCUT2D eigenvalue weighted by Gasteiger charge is -2.09. The highest BCUT2D eigenvalue weighted by molar-refractivity contribution is 6.04. The van der Waals surface area contributed by atoms with Gasteiger partial charge in [0.15, 0.2) is 5.82 Å². The zero-order chi connectivity index (χ0) is 14.7. The molecule has 1 heterocycles. The number of anilines is 1. The van der Waals surface area contributed by atoms with Crippen molar-refractivity contribution in [1.82, 2.24) is 14.8 Å². The van der Waals surface area contributed by atoms with Crippen LogP contribution >= 0.6 is 0 Å². The second-order valence-corrected chi connectivity index (χ2v) is 4.40. The van der Waals surface area contributed by atoms with Gasteiger partial charge in [-0.05, 0) is 19.1 Å². The number of carboxylic acid groups (broad SMARTS) is 1. The zero-order valence-corrected chi connectivity index (χ0v) is 11.1. The number of nitrogens with zero attached hydrogens (tertiary/aromatic N) is 3. The standard InChI is InChI=1S/C13H14N4O3/c1-8(13(19)20)12(18)15-10-5-3-4-9(6-10)11-16-14-7-17(11)2/h3-8H,1-2H3,(H,15,18)(H,19,20). The number of hydrogen-bond donors (Lipinski definition) is 2. The van der Waals surface area contributed by atoms with Crippen molar-refractivity contribution in [3.63, 3.8) is 0 Å². The molecule has 2 rings (SSSR count). The SMILES string of the molecule is CC(C(=O)O)C(=O)Nc1cccc(-c2nncn2C)c1. The van der Waals surface area contributed by atoms with Crippen molar-refractivity contribution in [1.29, 1.82) is 0 Å². The van der Waals surface area contributed by atoms with Crippen molar-refractivity contribution in [2.45, 2.75) is 6.92 Å². The fourth-order valence-electron chi connectivity index (χ4n) is 1.64. The number of aromatic nitrogens is 3. The third kappa shape index (κ3) is 2.82. The predicted molar refractivity (Wildman–Crippen MR) is 71.9 cm³/mol. The van der Waals surface area contributed by atoms with Crippen LogP contribution in [0.25, 0.3) is 11.4 Å². The van der Waals surface area contributed by atoms with Crippen LogP contribution in [0.15, 0.2) is 30.6 Å². The number of aliphatic carboxylic acids is 1. The number of hydrogen-bond acceptors (Lipinski definition) is 4. The minimum absolute atomic E-state index is 0.517. The van der Waals surface area contributed by atoms with E-state index in [0.717, 1.165) is 5.56 Å². The quantitative estimate of drug-likeness (QED) is 0.815. The first-order chi connectivity index (χ1) is 9.49. The molecule has 0 bridgehead atoms. The number of rotatable bonds is 4. The van der Waals surface area contributed by atoms with Gasteiger partial charge in [-0.15, -0.1) is 10.2 Å². The monoisotopic (exact) mass is 274 g/mol. The number of amides is 1. The Labute approximate surface area is 115 Å². The highest BCUT2D eigenvalue weighted by Crippen LogP contribution is 2.20. The van der Waals surface area contributed by atoms with Crippen LogP contribution in [-0.2, 0) is 16.6 Å². The van der Waals surface area contributed by atoms with Crippen LogP contribution in [0, 0.1) is 5.92 Å². The molecule has 2 N–H and O–H groups in total. The first kappa shape index (κ1) is 13.7. The second-order valence-electron chi connectivity index (χ2n) is 4.40. The molecule has 0 spiro atoms. The summed E-state index contributed by atoms with van der Waals surface area (Å²) in [6.45, 7) is 1.34. The van der Waals surface area contributed by atoms with E-state index in [0.29, 0.717) is 11.5 Å². The molecule has 7 nitrogen and oxygen atoms in total. The minimum Gasteiger partial charge on any atom is -0.481 e. The molecule has 7 heteroatoms. The summed E-state index contributed by atoms with van der Waals surface area (Å²) in [5.74, 6) is -2.17. The summed E-state index contributed by atoms with van der Waals surface area (Å²) >= 11 is 0. The Morgan fingerprint density at radius 1 is 1.40 bits per heavy atom. The molecule has 0 fully saturated rings. The van der Waals surface area contributed by atoms with E-state index < -0.39 is 17.8 Å². The average Bonchev–Trinajstić information content (AvgIpc) is 2.84. The van der Waals surface area contributed by atoms with Crippen molar-refractivity contribution in [3.05, 3.63) is 30.6 Å². The van der Waals surface area contributed by atoms with Gasteiger partial charge in [0, 0.05) is 18.3 Å². The van der Waals surface area contributed by atoms with Crippen LogP contribution < -0.4 is 5.32 Å². The van der Waals surface area contributed by atoms with E-state index >= 15 is 0 Å². The maximum absolute atomic E-state index is 11.7. The number of aryl methyl sites for hydroxylation is 1. The fourth-order valence-corrected chi connectivity index (χ4v) is 1.64. The number of benzene rings is 1. The third-order valence-electron chi connectivity index (χ3n) is 2.86. The summed E-state index contributed by atoms with van der Waals surface area (Å²) in [6, 6.07) is 6.99. The van der Waals surface area contributed by atoms with Crippen LogP contribution in [0.3, 0.4) is 0 Å². The van der Waals surface area contributed by atoms with E-state index in [2.05, 4.69) is 15.5 Å². The molecule has 1 amide bonds. The van der Waals surface area contributed by atoms with Gasteiger partial charge in [-0.2, -0.15) is 0 Å². The summed E-state index contributed by atoms with van der Waals surface area (Å²) in [4.78, 5) is 22.4. The first-order valence-corrected chi connectivity index (χ1v) is 5.97. The Balaban J connectivity index is 2.21. The molecule has 1 atom stereocenters. The second kappa shape index (κ2) is 5.52. The Kier molecular flexibility index (Phi) is 3.79. The van der Waals surface area contributed by atoms with Crippen LogP contribution in [0.2, 0.25) is 0 Å². The van der Waals surface area contributed by atoms with Gasteiger partial charge in [-0.25, -0.2) is 0 Å². The molecule has 0 saturated carbocycles. The number of carbonyl (C=O) groups is 2. The van der Waals surface area contributed by atoms with Crippen LogP contribution in [0.1, 0.15) is 6.92 Å². The molecule has 0 aliphatic rings. The van der Waals surface area contributed by atoms with E-state index in [1.165, 1.54) is 6.92 Å². The third-order valence-corrected chi connectivity index (χ3v) is 2.86. The maximum Gasteiger partial charge on any atom is 0.315 e. The van der Waals surface area contributed by atoms with Crippen molar-refractivity contribution in [2.75, 3.05) is 5.32 Å². The number of nitrogens with one attached hydrogen (secondary N) is 1. The highest BCUT2D eigenvalue weighted by atomic mass is 16.4. The number of carbonyl (C=O) groups excluding carboxylic acids is 1. The minimum atomic E-state index is -1.16. The Hall–Kier alpha value is -2.70. The van der Waals surface area contributed by atoms with E-state index in [-0.39, 0.29) is 0 Å². The zero-order valence-electron chi connectivity index (χ0n) is 11.1. The molecule has 1 unspecified atom stereocenters. The van der Waals surface area contributed by atoms with Gasteiger partial charge in [0.05, 0.1) is 0 Å². The Morgan fingerprint density at radius 2 is 2.15 bits per heavy atom. The van der Waals surface area contributed by atoms with Crippen molar-refractivity contribution in [2.24, 2.45) is 13.0 Å². The van der Waals surface area contributed by atoms with E-state index in [1.807, 2.05) is 13.1 Å². The summed E-state index contributed by atoms with van der Waals surface area (Å²) in [7, 11) is 1.81. The first-order valence-electron chi connectivity index (χ1n) is 5.97. The van der Waals surface area contributed by atoms with E-state index in [9.17, 15) is 9.59 Å². The molecule has 0 saturated heterocycles. The van der Waals surface area contributed by atoms with Gasteiger partial charge in [-0.1, -0.05) is 12.1 Å². The smallest absolute Gasteiger partial charge is 0.315 e. The molecular formula is C13H14N4O3. The molecule has 0 aliphatic heterocycles. The topological polar surface area (TPSA) is 97.1 Å². The average molecular weight is 274 g/mol. The molecule has 1 aromatic heterocycles. The lowest BCUT2D eigenvalue weighted by molar-refractivity contribution is -0.144. The van der Waals surface area contributed by atoms with Crippen molar-refractivity contribution in [3.8, 4) is 11.4 Å². The largest absolute Gasteiger partial charge is 0.481 e. The van der Waals surface area contributed by atoms with Gasteiger partial charge in [0.25, 0.3) is 0 Å². The van der Waals surface area contributed by atoms with Crippen LogP contribution in [0.4, 0.5) is 5.69 Å². The van der Waals surface area contributed by atoms with Crippen molar-refractivity contribution < 1.29 is 14.7 Å². The molecule has 104 valence electrons. The summed E-state index contributed by atoms with van der Waals surface area (Å²) in [5, 5.41) is 19.1. The van der Waals surface area contributed by atoms with Crippen LogP contribution in [-0.4, -0.2) is 31.7 Å². The molecule has 1 aromatic carbocycles. The predicted octanol–water partition coefficient (Wildman–Crippen LogP) is 1.14. The molecular weight excluding hydrogens is 260 g/mol. The van der Waals surface area contributed by atoms with Crippen LogP contribution in [0.5, 0.6) is 0 Å². The van der Waals surface area contributed by atoms with E-state index in [4.69, 9.17) is 5.11 Å². The fraction of sp³-hybridized carbons (Fsp3) is 0.231. The Morgan fingerprint density at radius 3 is 2.75 bits per heavy atom. The maximum atomic E-state index is 11.7. The summed E-state index contributed by atoms with van der Waals surface area (Å²) < 4.78 is 1.75. The molecule has 0 aliphatic carbocycles. The molecule has 0 radical (unpaired) electrons. The molecule has 20 heavy (non-hydrogen) atoms. The summed E-state index contributed by atoms with van der Waals surface area (Å²) in [5.41, 5.74) is 1.30. The van der Waals surface area contributed by atoms with Gasteiger partial charge in [0.2, 0.25) is 5.91 Å². The van der Waals surface area contributed by atoms with Gasteiger partial charge >= 0.3 is 5.97 Å². The number of carboxylic acids is 1. The Bertz CT molecular complexity index is 651. The van der Waals surface area contributed by atoms with Gasteiger partial charge in [0.1, 0.15) is 12.2 Å². The lowest BCUT2D eigenvalue weighted by atomic mass is 10.1. The highest BCUT2D eigenvalue weighted by Gasteiger charge is 2.20. The van der Waals surface area contributed by atoms with Crippen molar-refractivity contribution >= 4 is 17.6 Å². The van der Waals surface area contributed by atoms with Gasteiger partial charge < -0.3 is 15.0 Å². The summed E-state index contributed by atoms with van der Waals surface area (Å²) in [6.07, 6.45) is 1.58. The normalized spacial score (nSPS) is 11.9. The van der Waals surface area contributed by atoms with Gasteiger partial charge in [-0.3, -0.25) is 9.59 Å².